The lowest BCUT2D eigenvalue weighted by atomic mass is 9.94. The van der Waals surface area contributed by atoms with Crippen molar-refractivity contribution in [2.24, 2.45) is 5.73 Å². The summed E-state index contributed by atoms with van der Waals surface area (Å²) in [5, 5.41) is 13.5. The summed E-state index contributed by atoms with van der Waals surface area (Å²) in [4.78, 5) is 22.8. The van der Waals surface area contributed by atoms with Crippen LogP contribution in [0.1, 0.15) is 18.4 Å². The maximum atomic E-state index is 11.4. The normalized spacial score (nSPS) is 11.6. The van der Waals surface area contributed by atoms with Crippen molar-refractivity contribution in [3.63, 3.8) is 0 Å². The van der Waals surface area contributed by atoms with Gasteiger partial charge in [-0.05, 0) is 5.39 Å². The minimum Gasteiger partial charge on any atom is -0.368 e. The first-order valence-electron chi connectivity index (χ1n) is 6.02. The summed E-state index contributed by atoms with van der Waals surface area (Å²) in [5.74, 6) is -2.11. The number of nitriles is 1. The highest BCUT2D eigenvalue weighted by atomic mass is 16.1. The van der Waals surface area contributed by atoms with E-state index in [0.29, 0.717) is 11.3 Å². The number of nitrogens with one attached hydrogen (secondary N) is 1. The average Bonchev–Trinajstić information content (AvgIpc) is 2.41. The Morgan fingerprint density at radius 3 is 2.55 bits per heavy atom. The van der Waals surface area contributed by atoms with Crippen molar-refractivity contribution >= 4 is 28.3 Å². The molecular formula is C15H13N3O2. The van der Waals surface area contributed by atoms with E-state index in [1.807, 2.05) is 30.3 Å². The molecule has 5 heteroatoms. The zero-order valence-corrected chi connectivity index (χ0v) is 10.9. The van der Waals surface area contributed by atoms with Gasteiger partial charge < -0.3 is 11.1 Å². The fourth-order valence-corrected chi connectivity index (χ4v) is 2.13. The standard InChI is InChI=1S/C15H13N3O2/c1-9(19)18-14-11-5-3-2-4-10(11)6-7-12(14)13(8-16)15(17)20/h2-7,13H,1H3,(H2,17,20)(H,18,19). The molecule has 0 saturated carbocycles. The molecule has 3 N–H and O–H groups in total. The van der Waals surface area contributed by atoms with Crippen LogP contribution in [0.2, 0.25) is 0 Å². The molecule has 2 aromatic carbocycles. The molecule has 0 spiro atoms. The first-order valence-corrected chi connectivity index (χ1v) is 6.02. The summed E-state index contributed by atoms with van der Waals surface area (Å²) in [5.41, 5.74) is 6.12. The van der Waals surface area contributed by atoms with Crippen molar-refractivity contribution in [2.45, 2.75) is 12.8 Å². The van der Waals surface area contributed by atoms with Crippen molar-refractivity contribution < 1.29 is 9.59 Å². The van der Waals surface area contributed by atoms with E-state index in [-0.39, 0.29) is 5.91 Å². The van der Waals surface area contributed by atoms with E-state index in [1.54, 1.807) is 12.1 Å². The Hall–Kier alpha value is -2.87. The van der Waals surface area contributed by atoms with Gasteiger partial charge in [0.15, 0.2) is 5.92 Å². The fraction of sp³-hybridized carbons (Fsp3) is 0.133. The Kier molecular flexibility index (Phi) is 3.67. The summed E-state index contributed by atoms with van der Waals surface area (Å²) >= 11 is 0. The van der Waals surface area contributed by atoms with E-state index in [0.717, 1.165) is 10.8 Å². The van der Waals surface area contributed by atoms with Crippen LogP contribution in [0, 0.1) is 11.3 Å². The lowest BCUT2D eigenvalue weighted by molar-refractivity contribution is -0.118. The number of benzene rings is 2. The molecule has 2 aromatic rings. The maximum Gasteiger partial charge on any atom is 0.239 e. The van der Waals surface area contributed by atoms with Crippen LogP contribution in [0.25, 0.3) is 10.8 Å². The van der Waals surface area contributed by atoms with E-state index < -0.39 is 11.8 Å². The molecule has 1 atom stereocenters. The molecule has 2 amide bonds. The Labute approximate surface area is 116 Å². The smallest absolute Gasteiger partial charge is 0.239 e. The zero-order chi connectivity index (χ0) is 14.7. The van der Waals surface area contributed by atoms with Gasteiger partial charge in [0.1, 0.15) is 0 Å². The number of carbonyl (C=O) groups excluding carboxylic acids is 2. The van der Waals surface area contributed by atoms with Gasteiger partial charge in [-0.1, -0.05) is 36.4 Å². The van der Waals surface area contributed by atoms with Crippen molar-refractivity contribution in [1.82, 2.24) is 0 Å². The summed E-state index contributed by atoms with van der Waals surface area (Å²) < 4.78 is 0. The first-order chi connectivity index (χ1) is 9.54. The molecule has 20 heavy (non-hydrogen) atoms. The van der Waals surface area contributed by atoms with Crippen LogP contribution in [-0.2, 0) is 9.59 Å². The number of rotatable bonds is 3. The molecule has 0 saturated heterocycles. The number of nitrogens with two attached hydrogens (primary N) is 1. The lowest BCUT2D eigenvalue weighted by Crippen LogP contribution is -2.22. The molecule has 0 bridgehead atoms. The van der Waals surface area contributed by atoms with Crippen LogP contribution >= 0.6 is 0 Å². The zero-order valence-electron chi connectivity index (χ0n) is 10.9. The van der Waals surface area contributed by atoms with Crippen LogP contribution in [0.4, 0.5) is 5.69 Å². The number of anilines is 1. The van der Waals surface area contributed by atoms with Gasteiger partial charge in [-0.3, -0.25) is 9.59 Å². The number of primary amides is 1. The molecule has 0 aliphatic carbocycles. The molecule has 0 fully saturated rings. The second kappa shape index (κ2) is 5.41. The van der Waals surface area contributed by atoms with Crippen molar-refractivity contribution in [3.8, 4) is 6.07 Å². The van der Waals surface area contributed by atoms with Gasteiger partial charge in [-0.25, -0.2) is 0 Å². The van der Waals surface area contributed by atoms with Gasteiger partial charge >= 0.3 is 0 Å². The number of hydrogen-bond donors (Lipinski definition) is 2. The minimum absolute atomic E-state index is 0.274. The average molecular weight is 267 g/mol. The minimum atomic E-state index is -1.10. The predicted octanol–water partition coefficient (Wildman–Crippen LogP) is 1.89. The Morgan fingerprint density at radius 2 is 1.95 bits per heavy atom. The van der Waals surface area contributed by atoms with E-state index in [1.165, 1.54) is 6.92 Å². The highest BCUT2D eigenvalue weighted by Crippen LogP contribution is 2.32. The van der Waals surface area contributed by atoms with Gasteiger partial charge in [-0.2, -0.15) is 5.26 Å². The number of amides is 2. The second-order valence-corrected chi connectivity index (χ2v) is 4.40. The summed E-state index contributed by atoms with van der Waals surface area (Å²) in [7, 11) is 0. The lowest BCUT2D eigenvalue weighted by Gasteiger charge is -2.15. The van der Waals surface area contributed by atoms with E-state index in [9.17, 15) is 9.59 Å². The summed E-state index contributed by atoms with van der Waals surface area (Å²) in [6.07, 6.45) is 0. The van der Waals surface area contributed by atoms with E-state index in [4.69, 9.17) is 11.0 Å². The molecule has 0 radical (unpaired) electrons. The van der Waals surface area contributed by atoms with Crippen molar-refractivity contribution in [2.75, 3.05) is 5.32 Å². The van der Waals surface area contributed by atoms with E-state index in [2.05, 4.69) is 5.32 Å². The third-order valence-corrected chi connectivity index (χ3v) is 2.99. The van der Waals surface area contributed by atoms with Crippen molar-refractivity contribution in [3.05, 3.63) is 42.0 Å². The van der Waals surface area contributed by atoms with Gasteiger partial charge in [-0.15, -0.1) is 0 Å². The van der Waals surface area contributed by atoms with E-state index >= 15 is 0 Å². The third-order valence-electron chi connectivity index (χ3n) is 2.99. The highest BCUT2D eigenvalue weighted by molar-refractivity contribution is 6.04. The van der Waals surface area contributed by atoms with Gasteiger partial charge in [0.05, 0.1) is 11.8 Å². The first kappa shape index (κ1) is 13.6. The van der Waals surface area contributed by atoms with Crippen LogP contribution in [0.3, 0.4) is 0 Å². The molecule has 0 heterocycles. The molecule has 0 aliphatic heterocycles. The number of carbonyl (C=O) groups is 2. The fourth-order valence-electron chi connectivity index (χ4n) is 2.13. The van der Waals surface area contributed by atoms with Gasteiger partial charge in [0.25, 0.3) is 0 Å². The highest BCUT2D eigenvalue weighted by Gasteiger charge is 2.22. The summed E-state index contributed by atoms with van der Waals surface area (Å²) in [6, 6.07) is 12.7. The second-order valence-electron chi connectivity index (χ2n) is 4.40. The van der Waals surface area contributed by atoms with Crippen LogP contribution in [0.5, 0.6) is 0 Å². The molecule has 0 aliphatic rings. The largest absolute Gasteiger partial charge is 0.368 e. The number of fused-ring (bicyclic) bond motifs is 1. The number of nitrogens with zero attached hydrogens (tertiary/aromatic N) is 1. The molecule has 2 rings (SSSR count). The SMILES string of the molecule is CC(=O)Nc1c(C(C#N)C(N)=O)ccc2ccccc12. The van der Waals surface area contributed by atoms with Crippen molar-refractivity contribution in [1.29, 1.82) is 5.26 Å². The van der Waals surface area contributed by atoms with Crippen LogP contribution in [0.15, 0.2) is 36.4 Å². The molecule has 0 aromatic heterocycles. The topological polar surface area (TPSA) is 96.0 Å². The molecule has 1 unspecified atom stereocenters. The molecule has 100 valence electrons. The van der Waals surface area contributed by atoms with Gasteiger partial charge in [0, 0.05) is 17.9 Å². The van der Waals surface area contributed by atoms with Crippen LogP contribution < -0.4 is 11.1 Å². The van der Waals surface area contributed by atoms with Crippen LogP contribution in [-0.4, -0.2) is 11.8 Å². The Morgan fingerprint density at radius 1 is 1.25 bits per heavy atom. The molecular weight excluding hydrogens is 254 g/mol. The monoisotopic (exact) mass is 267 g/mol. The summed E-state index contributed by atoms with van der Waals surface area (Å²) in [6.45, 7) is 1.37. The predicted molar refractivity (Wildman–Crippen MR) is 75.8 cm³/mol. The Balaban J connectivity index is 2.74. The van der Waals surface area contributed by atoms with Gasteiger partial charge in [0.2, 0.25) is 11.8 Å². The quantitative estimate of drug-likeness (QED) is 0.888. The maximum absolute atomic E-state index is 11.4. The third kappa shape index (κ3) is 2.45. The number of hydrogen-bond acceptors (Lipinski definition) is 3. The molecule has 5 nitrogen and oxygen atoms in total. The Bertz CT molecular complexity index is 731.